The molecule has 0 saturated heterocycles. The minimum atomic E-state index is -0.0625. The van der Waals surface area contributed by atoms with Gasteiger partial charge < -0.3 is 13.8 Å². The predicted molar refractivity (Wildman–Crippen MR) is 47.4 cm³/mol. The molecule has 64 valence electrons. The first-order chi connectivity index (χ1) is 4.19. The SMILES string of the molecule is [CH2-]C([CH2-])(C(C)C)C(C)(C)C.[U+2]. The summed E-state index contributed by atoms with van der Waals surface area (Å²) in [6.45, 7) is 19.2. The minimum Gasteiger partial charge on any atom is -0.366 e. The molecule has 0 bridgehead atoms. The Bertz CT molecular complexity index is 107. The van der Waals surface area contributed by atoms with Gasteiger partial charge in [0.2, 0.25) is 0 Å². The summed E-state index contributed by atoms with van der Waals surface area (Å²) in [7, 11) is 0. The summed E-state index contributed by atoms with van der Waals surface area (Å²) in [4.78, 5) is 0. The second-order valence-electron chi connectivity index (χ2n) is 4.56. The van der Waals surface area contributed by atoms with Crippen molar-refractivity contribution >= 4 is 0 Å². The average Bonchev–Trinajstić information content (AvgIpc) is 1.62. The van der Waals surface area contributed by atoms with E-state index in [0.717, 1.165) is 0 Å². The van der Waals surface area contributed by atoms with Crippen LogP contribution in [-0.2, 0) is 0 Å². The Hall–Kier alpha value is 1.05. The fourth-order valence-electron chi connectivity index (χ4n) is 0.866. The Kier molecular flexibility index (Phi) is 5.74. The Morgan fingerprint density at radius 2 is 1.27 bits per heavy atom. The van der Waals surface area contributed by atoms with Crippen LogP contribution in [0.5, 0.6) is 0 Å². The van der Waals surface area contributed by atoms with Crippen molar-refractivity contribution in [3.05, 3.63) is 13.8 Å². The van der Waals surface area contributed by atoms with Crippen molar-refractivity contribution in [1.82, 2.24) is 0 Å². The zero-order valence-electron chi connectivity index (χ0n) is 8.49. The van der Waals surface area contributed by atoms with E-state index >= 15 is 0 Å². The summed E-state index contributed by atoms with van der Waals surface area (Å²) >= 11 is 0. The molecule has 0 aromatic carbocycles. The molecule has 0 aromatic rings. The van der Waals surface area contributed by atoms with E-state index in [1.165, 1.54) is 0 Å². The summed E-state index contributed by atoms with van der Waals surface area (Å²) < 4.78 is 0. The van der Waals surface area contributed by atoms with Crippen LogP contribution in [0.1, 0.15) is 34.6 Å². The van der Waals surface area contributed by atoms with Crippen LogP contribution in [0.25, 0.3) is 0 Å². The van der Waals surface area contributed by atoms with E-state index in [-0.39, 0.29) is 41.9 Å². The van der Waals surface area contributed by atoms with Crippen molar-refractivity contribution in [2.75, 3.05) is 0 Å². The number of rotatable bonds is 1. The van der Waals surface area contributed by atoms with Crippen LogP contribution >= 0.6 is 0 Å². The second kappa shape index (κ2) is 4.33. The molecule has 0 atom stereocenters. The van der Waals surface area contributed by atoms with Crippen LogP contribution in [0.3, 0.4) is 0 Å². The Balaban J connectivity index is 0. The smallest absolute Gasteiger partial charge is 0.366 e. The maximum absolute atomic E-state index is 4.13. The molecule has 0 spiro atoms. The molecule has 0 nitrogen and oxygen atoms in total. The third-order valence-corrected chi connectivity index (χ3v) is 2.60. The van der Waals surface area contributed by atoms with Gasteiger partial charge in [0.15, 0.2) is 0 Å². The van der Waals surface area contributed by atoms with Gasteiger partial charge in [-0.15, -0.1) is 0 Å². The van der Waals surface area contributed by atoms with E-state index in [0.29, 0.717) is 5.92 Å². The summed E-state index contributed by atoms with van der Waals surface area (Å²) in [5, 5.41) is 0. The van der Waals surface area contributed by atoms with Crippen molar-refractivity contribution < 1.29 is 31.1 Å². The molecule has 11 heavy (non-hydrogen) atoms. The van der Waals surface area contributed by atoms with Crippen LogP contribution < -0.4 is 0 Å². The largest absolute Gasteiger partial charge is 2.00 e. The van der Waals surface area contributed by atoms with Gasteiger partial charge in [-0.05, 0) is 0 Å². The monoisotopic (exact) mass is 378 g/mol. The Morgan fingerprint density at radius 3 is 1.27 bits per heavy atom. The van der Waals surface area contributed by atoms with Crippen molar-refractivity contribution in [2.24, 2.45) is 16.7 Å². The van der Waals surface area contributed by atoms with E-state index in [1.807, 2.05) is 0 Å². The van der Waals surface area contributed by atoms with Crippen molar-refractivity contribution in [3.8, 4) is 0 Å². The first kappa shape index (κ1) is 14.6. The summed E-state index contributed by atoms with van der Waals surface area (Å²) in [6, 6.07) is 0. The Morgan fingerprint density at radius 1 is 1.00 bits per heavy atom. The van der Waals surface area contributed by atoms with E-state index in [4.69, 9.17) is 0 Å². The quantitative estimate of drug-likeness (QED) is 0.614. The molecule has 0 fully saturated rings. The first-order valence-corrected chi connectivity index (χ1v) is 3.90. The molecule has 0 aliphatic rings. The maximum Gasteiger partial charge on any atom is 2.00 e. The molecule has 0 rings (SSSR count). The van der Waals surface area contributed by atoms with Crippen LogP contribution in [-0.4, -0.2) is 0 Å². The van der Waals surface area contributed by atoms with Crippen molar-refractivity contribution in [2.45, 2.75) is 34.6 Å². The molecule has 0 aromatic heterocycles. The van der Waals surface area contributed by atoms with Gasteiger partial charge >= 0.3 is 31.1 Å². The molecular weight excluding hydrogens is 358 g/mol. The van der Waals surface area contributed by atoms with Gasteiger partial charge in [-0.2, -0.15) is 0 Å². The summed E-state index contributed by atoms with van der Waals surface area (Å²) in [5.41, 5.74) is 0.133. The van der Waals surface area contributed by atoms with E-state index in [9.17, 15) is 0 Å². The van der Waals surface area contributed by atoms with Crippen molar-refractivity contribution in [3.63, 3.8) is 0 Å². The zero-order chi connectivity index (χ0) is 8.58. The van der Waals surface area contributed by atoms with Crippen LogP contribution in [0.15, 0.2) is 0 Å². The van der Waals surface area contributed by atoms with Gasteiger partial charge in [-0.25, -0.2) is 0 Å². The van der Waals surface area contributed by atoms with Crippen LogP contribution in [0.2, 0.25) is 0 Å². The fraction of sp³-hybridized carbons (Fsp3) is 0.800. The first-order valence-electron chi connectivity index (χ1n) is 3.90. The van der Waals surface area contributed by atoms with Gasteiger partial charge in [0.25, 0.3) is 0 Å². The van der Waals surface area contributed by atoms with E-state index < -0.39 is 0 Å². The molecule has 0 saturated carbocycles. The second-order valence-corrected chi connectivity index (χ2v) is 4.56. The Labute approximate surface area is 95.9 Å². The fourth-order valence-corrected chi connectivity index (χ4v) is 0.866. The van der Waals surface area contributed by atoms with E-state index in [1.54, 1.807) is 0 Å². The van der Waals surface area contributed by atoms with E-state index in [2.05, 4.69) is 48.5 Å². The molecule has 1 heteroatoms. The molecule has 0 amide bonds. The summed E-state index contributed by atoms with van der Waals surface area (Å²) in [6.07, 6.45) is 0. The summed E-state index contributed by atoms with van der Waals surface area (Å²) in [5.74, 6) is 0.535. The van der Waals surface area contributed by atoms with Gasteiger partial charge in [0.05, 0.1) is 0 Å². The van der Waals surface area contributed by atoms with Crippen LogP contribution in [0.4, 0.5) is 0 Å². The molecular formula is C10H20U. The maximum atomic E-state index is 4.13. The molecule has 0 heterocycles. The number of hydrogen-bond acceptors (Lipinski definition) is 0. The van der Waals surface area contributed by atoms with Gasteiger partial charge in [-0.3, -0.25) is 5.41 Å². The van der Waals surface area contributed by atoms with Crippen LogP contribution in [0, 0.1) is 61.7 Å². The molecule has 0 unspecified atom stereocenters. The predicted octanol–water partition coefficient (Wildman–Crippen LogP) is 3.34. The third kappa shape index (κ3) is 3.51. The van der Waals surface area contributed by atoms with Gasteiger partial charge in [0.1, 0.15) is 0 Å². The third-order valence-electron chi connectivity index (χ3n) is 2.60. The number of hydrogen-bond donors (Lipinski definition) is 0. The topological polar surface area (TPSA) is 0 Å². The standard InChI is InChI=1S/C10H20.U/c1-8(2)10(6,7)9(3,4)5;/h8H,6-7H2,1-5H3;/q-2;+2. The molecule has 0 radical (unpaired) electrons. The zero-order valence-corrected chi connectivity index (χ0v) is 12.7. The van der Waals surface area contributed by atoms with Gasteiger partial charge in [-0.1, -0.05) is 46.0 Å². The normalized spacial score (nSPS) is 13.1. The molecule has 0 N–H and O–H groups in total. The minimum absolute atomic E-state index is 0. The molecule has 0 aliphatic heterocycles. The molecule has 0 aliphatic carbocycles. The van der Waals surface area contributed by atoms with Gasteiger partial charge in [0, 0.05) is 0 Å². The van der Waals surface area contributed by atoms with Crippen molar-refractivity contribution in [1.29, 1.82) is 0 Å². The average molecular weight is 378 g/mol.